The molecule has 2 aromatic rings. The number of benzene rings is 1. The zero-order valence-corrected chi connectivity index (χ0v) is 10.6. The van der Waals surface area contributed by atoms with Gasteiger partial charge in [-0.25, -0.2) is 9.37 Å². The van der Waals surface area contributed by atoms with Gasteiger partial charge in [-0.05, 0) is 34.1 Å². The average Bonchev–Trinajstić information content (AvgIpc) is 2.37. The highest BCUT2D eigenvalue weighted by molar-refractivity contribution is 9.10. The Balaban J connectivity index is 2.28. The highest BCUT2D eigenvalue weighted by Crippen LogP contribution is 2.31. The normalized spacial score (nSPS) is 9.83. The zero-order valence-electron chi connectivity index (χ0n) is 9.02. The Morgan fingerprint density at radius 1 is 1.39 bits per heavy atom. The second kappa shape index (κ2) is 5.02. The van der Waals surface area contributed by atoms with E-state index < -0.39 is 5.82 Å². The van der Waals surface area contributed by atoms with Crippen molar-refractivity contribution in [3.05, 3.63) is 46.4 Å². The van der Waals surface area contributed by atoms with Gasteiger partial charge in [-0.2, -0.15) is 5.26 Å². The van der Waals surface area contributed by atoms with Gasteiger partial charge in [0.15, 0.2) is 5.75 Å². The summed E-state index contributed by atoms with van der Waals surface area (Å²) in [4.78, 5) is 3.83. The van der Waals surface area contributed by atoms with Gasteiger partial charge in [0.1, 0.15) is 23.3 Å². The van der Waals surface area contributed by atoms with Crippen molar-refractivity contribution >= 4 is 21.6 Å². The Morgan fingerprint density at radius 3 is 2.78 bits per heavy atom. The van der Waals surface area contributed by atoms with E-state index in [4.69, 9.17) is 15.7 Å². The molecule has 1 heterocycles. The van der Waals surface area contributed by atoms with Crippen LogP contribution in [-0.2, 0) is 0 Å². The molecule has 0 fully saturated rings. The standard InChI is InChI=1S/C12H7BrFN3O/c13-9-3-11(16)12(4-10(9)14)18-8-2-1-7(5-15)17-6-8/h1-4,6H,16H2. The lowest BCUT2D eigenvalue weighted by atomic mass is 10.3. The number of halogens is 2. The number of nitrogens with two attached hydrogens (primary N) is 1. The molecule has 0 aliphatic heterocycles. The number of nitrogen functional groups attached to an aromatic ring is 1. The molecular weight excluding hydrogens is 301 g/mol. The van der Waals surface area contributed by atoms with Crippen molar-refractivity contribution in [1.82, 2.24) is 4.98 Å². The summed E-state index contributed by atoms with van der Waals surface area (Å²) < 4.78 is 19.0. The molecule has 0 unspecified atom stereocenters. The van der Waals surface area contributed by atoms with Gasteiger partial charge in [-0.15, -0.1) is 0 Å². The summed E-state index contributed by atoms with van der Waals surface area (Å²) >= 11 is 3.03. The Hall–Kier alpha value is -2.13. The summed E-state index contributed by atoms with van der Waals surface area (Å²) in [7, 11) is 0. The number of ether oxygens (including phenoxy) is 1. The van der Waals surface area contributed by atoms with Crippen LogP contribution in [0.25, 0.3) is 0 Å². The molecule has 0 spiro atoms. The Morgan fingerprint density at radius 2 is 2.17 bits per heavy atom. The SMILES string of the molecule is N#Cc1ccc(Oc2cc(F)c(Br)cc2N)cn1. The second-order valence-corrected chi connectivity index (χ2v) is 4.25. The summed E-state index contributed by atoms with van der Waals surface area (Å²) in [6, 6.07) is 7.55. The molecule has 0 aliphatic carbocycles. The molecule has 0 saturated carbocycles. The van der Waals surface area contributed by atoms with Crippen LogP contribution in [0.5, 0.6) is 11.5 Å². The van der Waals surface area contributed by atoms with Crippen LogP contribution in [0.3, 0.4) is 0 Å². The quantitative estimate of drug-likeness (QED) is 0.865. The third-order valence-electron chi connectivity index (χ3n) is 2.13. The molecule has 0 saturated heterocycles. The van der Waals surface area contributed by atoms with Gasteiger partial charge in [0.05, 0.1) is 16.4 Å². The highest BCUT2D eigenvalue weighted by atomic mass is 79.9. The molecule has 1 aromatic carbocycles. The molecule has 1 aromatic heterocycles. The van der Waals surface area contributed by atoms with E-state index >= 15 is 0 Å². The van der Waals surface area contributed by atoms with Gasteiger partial charge in [-0.3, -0.25) is 0 Å². The van der Waals surface area contributed by atoms with Crippen molar-refractivity contribution in [3.63, 3.8) is 0 Å². The Kier molecular flexibility index (Phi) is 3.44. The lowest BCUT2D eigenvalue weighted by molar-refractivity contribution is 0.476. The van der Waals surface area contributed by atoms with Crippen LogP contribution in [0.1, 0.15) is 5.69 Å². The summed E-state index contributed by atoms with van der Waals surface area (Å²) in [6.07, 6.45) is 1.37. The van der Waals surface area contributed by atoms with Crippen LogP contribution in [0.2, 0.25) is 0 Å². The molecule has 0 aliphatic rings. The first-order valence-electron chi connectivity index (χ1n) is 4.88. The van der Waals surface area contributed by atoms with Crippen molar-refractivity contribution in [2.24, 2.45) is 0 Å². The molecular formula is C12H7BrFN3O. The maximum absolute atomic E-state index is 13.3. The molecule has 6 heteroatoms. The fourth-order valence-corrected chi connectivity index (χ4v) is 1.63. The van der Waals surface area contributed by atoms with E-state index in [2.05, 4.69) is 20.9 Å². The minimum atomic E-state index is -0.471. The number of hydrogen-bond donors (Lipinski definition) is 1. The fraction of sp³-hybridized carbons (Fsp3) is 0. The first-order chi connectivity index (χ1) is 8.60. The minimum absolute atomic E-state index is 0.196. The summed E-state index contributed by atoms with van der Waals surface area (Å²) in [5, 5.41) is 8.60. The minimum Gasteiger partial charge on any atom is -0.453 e. The lowest BCUT2D eigenvalue weighted by Gasteiger charge is -2.08. The van der Waals surface area contributed by atoms with E-state index in [-0.39, 0.29) is 15.9 Å². The van der Waals surface area contributed by atoms with Crippen molar-refractivity contribution in [2.45, 2.75) is 0 Å². The van der Waals surface area contributed by atoms with Gasteiger partial charge in [0, 0.05) is 6.07 Å². The Labute approximate surface area is 111 Å². The third-order valence-corrected chi connectivity index (χ3v) is 2.74. The smallest absolute Gasteiger partial charge is 0.153 e. The molecule has 90 valence electrons. The van der Waals surface area contributed by atoms with E-state index in [0.717, 1.165) is 0 Å². The van der Waals surface area contributed by atoms with E-state index in [9.17, 15) is 4.39 Å². The third kappa shape index (κ3) is 2.57. The lowest BCUT2D eigenvalue weighted by Crippen LogP contribution is -1.94. The maximum Gasteiger partial charge on any atom is 0.153 e. The topological polar surface area (TPSA) is 71.9 Å². The largest absolute Gasteiger partial charge is 0.453 e. The van der Waals surface area contributed by atoms with Crippen LogP contribution in [0.15, 0.2) is 34.9 Å². The van der Waals surface area contributed by atoms with Crippen molar-refractivity contribution < 1.29 is 9.13 Å². The fourth-order valence-electron chi connectivity index (χ4n) is 1.27. The maximum atomic E-state index is 13.3. The van der Waals surface area contributed by atoms with Gasteiger partial charge in [0.25, 0.3) is 0 Å². The van der Waals surface area contributed by atoms with Crippen LogP contribution in [0.4, 0.5) is 10.1 Å². The van der Waals surface area contributed by atoms with Crippen molar-refractivity contribution in [1.29, 1.82) is 5.26 Å². The van der Waals surface area contributed by atoms with E-state index in [1.807, 2.05) is 6.07 Å². The van der Waals surface area contributed by atoms with Crippen LogP contribution >= 0.6 is 15.9 Å². The predicted octanol–water partition coefficient (Wildman–Crippen LogP) is 3.23. The molecule has 0 amide bonds. The number of anilines is 1. The summed E-state index contributed by atoms with van der Waals surface area (Å²) in [5.74, 6) is 0.102. The number of nitriles is 1. The van der Waals surface area contributed by atoms with Crippen LogP contribution in [0, 0.1) is 17.1 Å². The average molecular weight is 308 g/mol. The van der Waals surface area contributed by atoms with Crippen LogP contribution < -0.4 is 10.5 Å². The molecule has 4 nitrogen and oxygen atoms in total. The van der Waals surface area contributed by atoms with Gasteiger partial charge >= 0.3 is 0 Å². The van der Waals surface area contributed by atoms with Gasteiger partial charge < -0.3 is 10.5 Å². The van der Waals surface area contributed by atoms with Crippen LogP contribution in [-0.4, -0.2) is 4.98 Å². The predicted molar refractivity (Wildman–Crippen MR) is 67.5 cm³/mol. The molecule has 0 atom stereocenters. The number of hydrogen-bond acceptors (Lipinski definition) is 4. The first kappa shape index (κ1) is 12.3. The number of pyridine rings is 1. The molecule has 18 heavy (non-hydrogen) atoms. The molecule has 2 rings (SSSR count). The number of nitrogens with zero attached hydrogens (tertiary/aromatic N) is 2. The Bertz CT molecular complexity index is 622. The number of aromatic nitrogens is 1. The van der Waals surface area contributed by atoms with Crippen molar-refractivity contribution in [2.75, 3.05) is 5.73 Å². The summed E-state index contributed by atoms with van der Waals surface area (Å²) in [6.45, 7) is 0. The zero-order chi connectivity index (χ0) is 13.1. The number of rotatable bonds is 2. The van der Waals surface area contributed by atoms with E-state index in [1.54, 1.807) is 6.07 Å². The summed E-state index contributed by atoms with van der Waals surface area (Å²) in [5.41, 5.74) is 6.27. The molecule has 0 radical (unpaired) electrons. The van der Waals surface area contributed by atoms with Crippen molar-refractivity contribution in [3.8, 4) is 17.6 Å². The highest BCUT2D eigenvalue weighted by Gasteiger charge is 2.08. The molecule has 2 N–H and O–H groups in total. The monoisotopic (exact) mass is 307 g/mol. The first-order valence-corrected chi connectivity index (χ1v) is 5.68. The second-order valence-electron chi connectivity index (χ2n) is 3.40. The molecule has 0 bridgehead atoms. The van der Waals surface area contributed by atoms with E-state index in [1.165, 1.54) is 24.4 Å². The van der Waals surface area contributed by atoms with Gasteiger partial charge in [-0.1, -0.05) is 0 Å². The van der Waals surface area contributed by atoms with E-state index in [0.29, 0.717) is 11.4 Å². The van der Waals surface area contributed by atoms with Gasteiger partial charge in [0.2, 0.25) is 0 Å².